The molecule has 0 aliphatic rings. The summed E-state index contributed by atoms with van der Waals surface area (Å²) in [6, 6.07) is 20.9. The Morgan fingerprint density at radius 2 is 1.46 bits per heavy atom. The summed E-state index contributed by atoms with van der Waals surface area (Å²) in [6.45, 7) is -0.124. The molecular weight excluding hydrogens is 300 g/mol. The molecule has 0 fully saturated rings. The zero-order chi connectivity index (χ0) is 16.5. The number of hydrogen-bond acceptors (Lipinski definition) is 4. The zero-order valence-electron chi connectivity index (χ0n) is 12.9. The maximum atomic E-state index is 9.87. The van der Waals surface area contributed by atoms with Gasteiger partial charge in [-0.2, -0.15) is 0 Å². The van der Waals surface area contributed by atoms with Crippen LogP contribution in [-0.2, 0) is 6.61 Å². The molecule has 4 nitrogen and oxygen atoms in total. The first-order valence-electron chi connectivity index (χ1n) is 7.73. The highest BCUT2D eigenvalue weighted by Crippen LogP contribution is 2.34. The molecule has 0 bridgehead atoms. The van der Waals surface area contributed by atoms with E-state index in [1.807, 2.05) is 54.6 Å². The van der Waals surface area contributed by atoms with E-state index in [-0.39, 0.29) is 12.4 Å². The maximum absolute atomic E-state index is 9.87. The molecule has 4 rings (SSSR count). The van der Waals surface area contributed by atoms with Crippen LogP contribution in [-0.4, -0.2) is 15.2 Å². The summed E-state index contributed by atoms with van der Waals surface area (Å²) in [4.78, 5) is 4.70. The molecule has 1 heterocycles. The van der Waals surface area contributed by atoms with Crippen molar-refractivity contribution in [2.75, 3.05) is 5.32 Å². The average Bonchev–Trinajstić information content (AvgIpc) is 2.61. The molecule has 0 saturated heterocycles. The first kappa shape index (κ1) is 14.5. The molecule has 4 heteroatoms. The number of fused-ring (bicyclic) bond motifs is 2. The van der Waals surface area contributed by atoms with E-state index in [9.17, 15) is 10.2 Å². The van der Waals surface area contributed by atoms with Crippen molar-refractivity contribution in [3.8, 4) is 5.75 Å². The van der Waals surface area contributed by atoms with Gasteiger partial charge in [0.2, 0.25) is 0 Å². The van der Waals surface area contributed by atoms with Crippen molar-refractivity contribution in [1.29, 1.82) is 0 Å². The number of anilines is 2. The number of nitrogens with zero attached hydrogens (tertiary/aromatic N) is 1. The molecule has 4 aromatic rings. The molecule has 3 aromatic carbocycles. The van der Waals surface area contributed by atoms with Gasteiger partial charge in [0.1, 0.15) is 5.75 Å². The van der Waals surface area contributed by atoms with E-state index < -0.39 is 0 Å². The van der Waals surface area contributed by atoms with E-state index in [0.717, 1.165) is 33.2 Å². The third kappa shape index (κ3) is 2.53. The molecule has 1 aromatic heterocycles. The topological polar surface area (TPSA) is 65.4 Å². The van der Waals surface area contributed by atoms with Crippen LogP contribution in [0.2, 0.25) is 0 Å². The van der Waals surface area contributed by atoms with E-state index in [4.69, 9.17) is 4.98 Å². The van der Waals surface area contributed by atoms with Crippen molar-refractivity contribution >= 4 is 33.2 Å². The number of aromatic nitrogens is 1. The second-order valence-electron chi connectivity index (χ2n) is 5.69. The number of aromatic hydroxyl groups is 1. The van der Waals surface area contributed by atoms with Crippen LogP contribution in [0.4, 0.5) is 11.4 Å². The second kappa shape index (κ2) is 5.83. The van der Waals surface area contributed by atoms with Crippen LogP contribution < -0.4 is 5.32 Å². The van der Waals surface area contributed by atoms with Crippen LogP contribution in [0.1, 0.15) is 5.56 Å². The van der Waals surface area contributed by atoms with E-state index in [2.05, 4.69) is 5.32 Å². The Balaban J connectivity index is 1.95. The van der Waals surface area contributed by atoms with Crippen LogP contribution in [0.5, 0.6) is 5.75 Å². The smallest absolute Gasteiger partial charge is 0.118 e. The Hall–Kier alpha value is -3.11. The van der Waals surface area contributed by atoms with Gasteiger partial charge in [0.15, 0.2) is 0 Å². The van der Waals surface area contributed by atoms with Crippen molar-refractivity contribution in [2.24, 2.45) is 0 Å². The van der Waals surface area contributed by atoms with Gasteiger partial charge < -0.3 is 15.5 Å². The molecule has 0 atom stereocenters. The summed E-state index contributed by atoms with van der Waals surface area (Å²) >= 11 is 0. The lowest BCUT2D eigenvalue weighted by Crippen LogP contribution is -1.96. The standard InChI is InChI=1S/C20H16N2O2/c23-12-13-9-14(11-15(24)10-13)21-20-16-5-1-3-7-18(16)22-19-8-4-2-6-17(19)20/h1-11,23-24H,12H2,(H,21,22). The van der Waals surface area contributed by atoms with Crippen LogP contribution in [0.25, 0.3) is 21.8 Å². The van der Waals surface area contributed by atoms with Gasteiger partial charge in [0.25, 0.3) is 0 Å². The Morgan fingerprint density at radius 1 is 0.833 bits per heavy atom. The number of pyridine rings is 1. The number of nitrogens with one attached hydrogen (secondary N) is 1. The first-order chi connectivity index (χ1) is 11.7. The minimum Gasteiger partial charge on any atom is -0.508 e. The SMILES string of the molecule is OCc1cc(O)cc(Nc2c3ccccc3nc3ccccc23)c1. The lowest BCUT2D eigenvalue weighted by molar-refractivity contribution is 0.281. The lowest BCUT2D eigenvalue weighted by Gasteiger charge is -2.14. The fraction of sp³-hybridized carbons (Fsp3) is 0.0500. The number of benzene rings is 3. The Labute approximate surface area is 139 Å². The molecule has 0 radical (unpaired) electrons. The Bertz CT molecular complexity index is 990. The first-order valence-corrected chi connectivity index (χ1v) is 7.73. The second-order valence-corrected chi connectivity index (χ2v) is 5.69. The van der Waals surface area contributed by atoms with Gasteiger partial charge in [-0.3, -0.25) is 0 Å². The number of phenolic OH excluding ortho intramolecular Hbond substituents is 1. The number of para-hydroxylation sites is 2. The van der Waals surface area contributed by atoms with Gasteiger partial charge >= 0.3 is 0 Å². The number of aliphatic hydroxyl groups excluding tert-OH is 1. The van der Waals surface area contributed by atoms with Gasteiger partial charge in [-0.15, -0.1) is 0 Å². The van der Waals surface area contributed by atoms with Crippen LogP contribution in [0.3, 0.4) is 0 Å². The van der Waals surface area contributed by atoms with Crippen molar-refractivity contribution in [1.82, 2.24) is 4.98 Å². The zero-order valence-corrected chi connectivity index (χ0v) is 12.9. The quantitative estimate of drug-likeness (QED) is 0.492. The number of rotatable bonds is 3. The minimum absolute atomic E-state index is 0.117. The van der Waals surface area contributed by atoms with E-state index in [0.29, 0.717) is 5.56 Å². The summed E-state index contributed by atoms with van der Waals surface area (Å²) in [7, 11) is 0. The highest BCUT2D eigenvalue weighted by atomic mass is 16.3. The van der Waals surface area contributed by atoms with Gasteiger partial charge in [-0.1, -0.05) is 36.4 Å². The highest BCUT2D eigenvalue weighted by molar-refractivity contribution is 6.08. The monoisotopic (exact) mass is 316 g/mol. The summed E-state index contributed by atoms with van der Waals surface area (Å²) < 4.78 is 0. The number of aliphatic hydroxyl groups is 1. The molecule has 0 spiro atoms. The summed E-state index contributed by atoms with van der Waals surface area (Å²) in [5.74, 6) is 0.117. The molecule has 24 heavy (non-hydrogen) atoms. The Kier molecular flexibility index (Phi) is 3.52. The lowest BCUT2D eigenvalue weighted by atomic mass is 10.1. The third-order valence-electron chi connectivity index (χ3n) is 4.02. The van der Waals surface area contributed by atoms with Crippen molar-refractivity contribution in [3.63, 3.8) is 0 Å². The Morgan fingerprint density at radius 3 is 2.08 bits per heavy atom. The van der Waals surface area contributed by atoms with E-state index >= 15 is 0 Å². The van der Waals surface area contributed by atoms with Crippen molar-refractivity contribution in [3.05, 3.63) is 72.3 Å². The molecule has 0 unspecified atom stereocenters. The normalized spacial score (nSPS) is 11.0. The van der Waals surface area contributed by atoms with Gasteiger partial charge in [0, 0.05) is 22.5 Å². The molecule has 0 aliphatic heterocycles. The van der Waals surface area contributed by atoms with E-state index in [1.165, 1.54) is 0 Å². The third-order valence-corrected chi connectivity index (χ3v) is 4.02. The molecule has 118 valence electrons. The van der Waals surface area contributed by atoms with Crippen LogP contribution >= 0.6 is 0 Å². The molecule has 0 amide bonds. The number of phenols is 1. The predicted octanol–water partition coefficient (Wildman–Crippen LogP) is 4.33. The highest BCUT2D eigenvalue weighted by Gasteiger charge is 2.09. The van der Waals surface area contributed by atoms with Gasteiger partial charge in [-0.05, 0) is 29.8 Å². The average molecular weight is 316 g/mol. The number of hydrogen-bond donors (Lipinski definition) is 3. The maximum Gasteiger partial charge on any atom is 0.118 e. The van der Waals surface area contributed by atoms with E-state index in [1.54, 1.807) is 12.1 Å². The molecule has 0 saturated carbocycles. The molecule has 0 aliphatic carbocycles. The fourth-order valence-corrected chi connectivity index (χ4v) is 2.96. The van der Waals surface area contributed by atoms with Crippen LogP contribution in [0.15, 0.2) is 66.7 Å². The van der Waals surface area contributed by atoms with Gasteiger partial charge in [-0.25, -0.2) is 4.98 Å². The van der Waals surface area contributed by atoms with Crippen molar-refractivity contribution < 1.29 is 10.2 Å². The summed E-state index contributed by atoms with van der Waals surface area (Å²) in [5.41, 5.74) is 4.12. The molecule has 3 N–H and O–H groups in total. The predicted molar refractivity (Wildman–Crippen MR) is 96.6 cm³/mol. The van der Waals surface area contributed by atoms with Crippen molar-refractivity contribution in [2.45, 2.75) is 6.61 Å². The largest absolute Gasteiger partial charge is 0.508 e. The van der Waals surface area contributed by atoms with Gasteiger partial charge in [0.05, 0.1) is 23.3 Å². The minimum atomic E-state index is -0.124. The molecular formula is C20H16N2O2. The fourth-order valence-electron chi connectivity index (χ4n) is 2.96. The summed E-state index contributed by atoms with van der Waals surface area (Å²) in [6.07, 6.45) is 0. The summed E-state index contributed by atoms with van der Waals surface area (Å²) in [5, 5.41) is 24.6. The van der Waals surface area contributed by atoms with Crippen LogP contribution in [0, 0.1) is 0 Å².